The van der Waals surface area contributed by atoms with Crippen LogP contribution in [0.4, 0.5) is 13.2 Å². The van der Waals surface area contributed by atoms with Crippen molar-refractivity contribution in [3.8, 4) is 5.88 Å². The highest BCUT2D eigenvalue weighted by Gasteiger charge is 2.28. The average molecular weight is 384 g/mol. The number of ether oxygens (including phenoxy) is 1. The zero-order valence-corrected chi connectivity index (χ0v) is 14.9. The van der Waals surface area contributed by atoms with Crippen LogP contribution in [0.3, 0.4) is 0 Å². The Hall–Kier alpha value is -2.22. The highest BCUT2D eigenvalue weighted by atomic mass is 32.2. The maximum absolute atomic E-state index is 12.2. The zero-order chi connectivity index (χ0) is 19.0. The number of carbonyl (C=O) groups is 1. The minimum absolute atomic E-state index is 0.124. The molecule has 0 saturated heterocycles. The molecule has 0 aliphatic heterocycles. The third kappa shape index (κ3) is 7.35. The predicted octanol–water partition coefficient (Wildman–Crippen LogP) is 3.96. The van der Waals surface area contributed by atoms with Crippen LogP contribution in [0.2, 0.25) is 0 Å². The standard InChI is InChI=1S/C18H19F3N2O2S/c1-13(26-11-14-5-3-2-4-6-14)17(24)23-10-15-7-8-22-16(9-15)25-12-18(19,20)21/h2-9,13H,10-12H2,1H3,(H,23,24)/t13-/m0/s1. The second-order valence-corrected chi connectivity index (χ2v) is 6.89. The fourth-order valence-corrected chi connectivity index (χ4v) is 2.87. The van der Waals surface area contributed by atoms with Crippen molar-refractivity contribution in [1.82, 2.24) is 10.3 Å². The molecule has 0 radical (unpaired) electrons. The number of aromatic nitrogens is 1. The van der Waals surface area contributed by atoms with Crippen molar-refractivity contribution >= 4 is 17.7 Å². The van der Waals surface area contributed by atoms with E-state index in [1.807, 2.05) is 37.3 Å². The molecule has 1 amide bonds. The molecule has 0 fully saturated rings. The highest BCUT2D eigenvalue weighted by Crippen LogP contribution is 2.19. The second-order valence-electron chi connectivity index (χ2n) is 5.56. The van der Waals surface area contributed by atoms with Gasteiger partial charge in [0, 0.05) is 24.6 Å². The van der Waals surface area contributed by atoms with Crippen molar-refractivity contribution in [2.45, 2.75) is 30.6 Å². The van der Waals surface area contributed by atoms with Crippen molar-refractivity contribution in [3.63, 3.8) is 0 Å². The van der Waals surface area contributed by atoms with Gasteiger partial charge >= 0.3 is 6.18 Å². The summed E-state index contributed by atoms with van der Waals surface area (Å²) in [5.74, 6) is 0.459. The molecule has 26 heavy (non-hydrogen) atoms. The Morgan fingerprint density at radius 1 is 1.23 bits per heavy atom. The summed E-state index contributed by atoms with van der Waals surface area (Å²) in [4.78, 5) is 15.9. The molecule has 0 spiro atoms. The molecule has 4 nitrogen and oxygen atoms in total. The van der Waals surface area contributed by atoms with Gasteiger partial charge in [-0.05, 0) is 24.1 Å². The maximum atomic E-state index is 12.2. The molecule has 2 aromatic rings. The number of hydrogen-bond donors (Lipinski definition) is 1. The molecule has 1 heterocycles. The zero-order valence-electron chi connectivity index (χ0n) is 14.1. The van der Waals surface area contributed by atoms with Gasteiger partial charge in [0.05, 0.1) is 5.25 Å². The van der Waals surface area contributed by atoms with E-state index in [2.05, 4.69) is 15.0 Å². The topological polar surface area (TPSA) is 51.2 Å². The fourth-order valence-electron chi connectivity index (χ4n) is 2.00. The van der Waals surface area contributed by atoms with Crippen molar-refractivity contribution in [3.05, 3.63) is 59.8 Å². The molecule has 0 bridgehead atoms. The molecule has 0 aliphatic carbocycles. The lowest BCUT2D eigenvalue weighted by molar-refractivity contribution is -0.154. The van der Waals surface area contributed by atoms with Crippen LogP contribution in [0.1, 0.15) is 18.1 Å². The second kappa shape index (κ2) is 9.47. The van der Waals surface area contributed by atoms with Gasteiger partial charge in [0.15, 0.2) is 6.61 Å². The van der Waals surface area contributed by atoms with Crippen LogP contribution in [-0.2, 0) is 17.1 Å². The Morgan fingerprint density at radius 2 is 1.96 bits per heavy atom. The van der Waals surface area contributed by atoms with Crippen molar-refractivity contribution in [1.29, 1.82) is 0 Å². The first kappa shape index (κ1) is 20.1. The Balaban J connectivity index is 1.79. The summed E-state index contributed by atoms with van der Waals surface area (Å²) >= 11 is 1.51. The molecule has 1 N–H and O–H groups in total. The lowest BCUT2D eigenvalue weighted by Crippen LogP contribution is -2.30. The van der Waals surface area contributed by atoms with Crippen molar-refractivity contribution in [2.75, 3.05) is 6.61 Å². The van der Waals surface area contributed by atoms with E-state index >= 15 is 0 Å². The lowest BCUT2D eigenvalue weighted by Gasteiger charge is -2.13. The molecule has 0 unspecified atom stereocenters. The van der Waals surface area contributed by atoms with E-state index in [0.29, 0.717) is 5.56 Å². The van der Waals surface area contributed by atoms with Gasteiger partial charge < -0.3 is 10.1 Å². The van der Waals surface area contributed by atoms with Crippen LogP contribution in [0.5, 0.6) is 5.88 Å². The van der Waals surface area contributed by atoms with Crippen molar-refractivity contribution < 1.29 is 22.7 Å². The summed E-state index contributed by atoms with van der Waals surface area (Å²) < 4.78 is 41.1. The SMILES string of the molecule is C[C@H](SCc1ccccc1)C(=O)NCc1ccnc(OCC(F)(F)F)c1. The first-order valence-corrected chi connectivity index (χ1v) is 8.96. The number of pyridine rings is 1. The highest BCUT2D eigenvalue weighted by molar-refractivity contribution is 7.99. The first-order valence-electron chi connectivity index (χ1n) is 7.91. The van der Waals surface area contributed by atoms with Gasteiger partial charge in [-0.25, -0.2) is 4.98 Å². The van der Waals surface area contributed by atoms with Gasteiger partial charge in [0.25, 0.3) is 0 Å². The van der Waals surface area contributed by atoms with Gasteiger partial charge in [-0.1, -0.05) is 30.3 Å². The van der Waals surface area contributed by atoms with Crippen LogP contribution in [-0.4, -0.2) is 28.9 Å². The van der Waals surface area contributed by atoms with Gasteiger partial charge in [0.1, 0.15) is 0 Å². The average Bonchev–Trinajstić information content (AvgIpc) is 2.63. The molecule has 8 heteroatoms. The summed E-state index contributed by atoms with van der Waals surface area (Å²) in [7, 11) is 0. The maximum Gasteiger partial charge on any atom is 0.422 e. The summed E-state index contributed by atoms with van der Waals surface area (Å²) in [6.45, 7) is 0.607. The van der Waals surface area contributed by atoms with E-state index in [4.69, 9.17) is 0 Å². The lowest BCUT2D eigenvalue weighted by atomic mass is 10.2. The molecule has 1 aromatic carbocycles. The van der Waals surface area contributed by atoms with E-state index in [-0.39, 0.29) is 23.6 Å². The smallest absolute Gasteiger partial charge is 0.422 e. The van der Waals surface area contributed by atoms with E-state index in [1.54, 1.807) is 6.07 Å². The van der Waals surface area contributed by atoms with Crippen LogP contribution < -0.4 is 10.1 Å². The number of amides is 1. The van der Waals surface area contributed by atoms with Gasteiger partial charge in [-0.3, -0.25) is 4.79 Å². The van der Waals surface area contributed by atoms with Crippen LogP contribution in [0.25, 0.3) is 0 Å². The molecule has 2 rings (SSSR count). The Bertz CT molecular complexity index is 711. The van der Waals surface area contributed by atoms with Gasteiger partial charge in [-0.15, -0.1) is 11.8 Å². The predicted molar refractivity (Wildman–Crippen MR) is 94.8 cm³/mol. The summed E-state index contributed by atoms with van der Waals surface area (Å²) in [6, 6.07) is 12.8. The van der Waals surface area contributed by atoms with Crippen LogP contribution in [0, 0.1) is 0 Å². The van der Waals surface area contributed by atoms with Gasteiger partial charge in [-0.2, -0.15) is 13.2 Å². The summed E-state index contributed by atoms with van der Waals surface area (Å²) in [5.41, 5.74) is 1.75. The third-order valence-corrected chi connectivity index (χ3v) is 4.58. The number of thioether (sulfide) groups is 1. The first-order chi connectivity index (χ1) is 12.3. The normalized spacial score (nSPS) is 12.5. The minimum Gasteiger partial charge on any atom is -0.468 e. The number of rotatable bonds is 8. The Labute approximate surface area is 154 Å². The van der Waals surface area contributed by atoms with E-state index in [9.17, 15) is 18.0 Å². The fraction of sp³-hybridized carbons (Fsp3) is 0.333. The summed E-state index contributed by atoms with van der Waals surface area (Å²) in [5, 5.41) is 2.52. The largest absolute Gasteiger partial charge is 0.468 e. The van der Waals surface area contributed by atoms with Crippen LogP contribution >= 0.6 is 11.8 Å². The number of carbonyl (C=O) groups excluding carboxylic acids is 1. The number of hydrogen-bond acceptors (Lipinski definition) is 4. The van der Waals surface area contributed by atoms with E-state index in [0.717, 1.165) is 11.3 Å². The molecule has 1 atom stereocenters. The van der Waals surface area contributed by atoms with Crippen LogP contribution in [0.15, 0.2) is 48.7 Å². The molecule has 140 valence electrons. The number of nitrogens with zero attached hydrogens (tertiary/aromatic N) is 1. The van der Waals surface area contributed by atoms with Crippen molar-refractivity contribution in [2.24, 2.45) is 0 Å². The third-order valence-electron chi connectivity index (χ3n) is 3.36. The number of alkyl halides is 3. The Kier molecular flexibility index (Phi) is 7.32. The van der Waals surface area contributed by atoms with E-state index < -0.39 is 12.8 Å². The number of benzene rings is 1. The van der Waals surface area contributed by atoms with Gasteiger partial charge in [0.2, 0.25) is 11.8 Å². The molecular formula is C18H19F3N2O2S. The summed E-state index contributed by atoms with van der Waals surface area (Å²) in [6.07, 6.45) is -3.07. The molecule has 1 aromatic heterocycles. The number of halogens is 3. The van der Waals surface area contributed by atoms with E-state index in [1.165, 1.54) is 24.0 Å². The molecule has 0 aliphatic rings. The quantitative estimate of drug-likeness (QED) is 0.749. The monoisotopic (exact) mass is 384 g/mol. The molecular weight excluding hydrogens is 365 g/mol. The minimum atomic E-state index is -4.42. The molecule has 0 saturated carbocycles. The number of nitrogens with one attached hydrogen (secondary N) is 1. The Morgan fingerprint density at radius 3 is 2.65 bits per heavy atom.